The number of hydrogen-bond donors (Lipinski definition) is 1. The Labute approximate surface area is 113 Å². The van der Waals surface area contributed by atoms with Gasteiger partial charge in [0, 0.05) is 11.6 Å². The highest BCUT2D eigenvalue weighted by Crippen LogP contribution is 2.34. The fraction of sp³-hybridized carbons (Fsp3) is 0.357. The Morgan fingerprint density at radius 2 is 1.84 bits per heavy atom. The van der Waals surface area contributed by atoms with Gasteiger partial charge in [0.05, 0.1) is 20.5 Å². The zero-order chi connectivity index (χ0) is 14.0. The highest BCUT2D eigenvalue weighted by atomic mass is 16.5. The summed E-state index contributed by atoms with van der Waals surface area (Å²) in [4.78, 5) is 4.38. The van der Waals surface area contributed by atoms with E-state index in [0.29, 0.717) is 17.3 Å². The third kappa shape index (κ3) is 2.36. The summed E-state index contributed by atoms with van der Waals surface area (Å²) < 4.78 is 12.4. The van der Waals surface area contributed by atoms with Crippen molar-refractivity contribution in [1.29, 1.82) is 0 Å². The molecule has 5 nitrogen and oxygen atoms in total. The van der Waals surface area contributed by atoms with E-state index in [2.05, 4.69) is 18.8 Å². The predicted octanol–water partition coefficient (Wildman–Crippen LogP) is 2.73. The topological polar surface area (TPSA) is 62.3 Å². The first-order chi connectivity index (χ1) is 9.08. The first-order valence-corrected chi connectivity index (χ1v) is 6.13. The van der Waals surface area contributed by atoms with Crippen LogP contribution >= 0.6 is 0 Å². The molecule has 102 valence electrons. The second-order valence-electron chi connectivity index (χ2n) is 4.55. The minimum atomic E-state index is 0.279. The predicted molar refractivity (Wildman–Crippen MR) is 75.6 cm³/mol. The molecule has 0 spiro atoms. The van der Waals surface area contributed by atoms with Gasteiger partial charge in [-0.25, -0.2) is 4.98 Å². The highest BCUT2D eigenvalue weighted by Gasteiger charge is 2.14. The Morgan fingerprint density at radius 1 is 1.16 bits per heavy atom. The molecule has 1 aromatic heterocycles. The van der Waals surface area contributed by atoms with Crippen molar-refractivity contribution >= 4 is 5.82 Å². The molecule has 19 heavy (non-hydrogen) atoms. The number of benzene rings is 1. The minimum Gasteiger partial charge on any atom is -0.493 e. The molecule has 0 unspecified atom stereocenters. The van der Waals surface area contributed by atoms with E-state index in [-0.39, 0.29) is 6.04 Å². The second-order valence-corrected chi connectivity index (χ2v) is 4.55. The normalized spacial score (nSPS) is 10.8. The van der Waals surface area contributed by atoms with Gasteiger partial charge < -0.3 is 19.8 Å². The SMILES string of the molecule is COc1ccc(-c2ncn(C(C)C)c2N)cc1OC. The molecular formula is C14H19N3O2. The van der Waals surface area contributed by atoms with Crippen molar-refractivity contribution in [2.45, 2.75) is 19.9 Å². The van der Waals surface area contributed by atoms with E-state index in [9.17, 15) is 0 Å². The maximum atomic E-state index is 6.13. The van der Waals surface area contributed by atoms with E-state index in [0.717, 1.165) is 11.3 Å². The number of ether oxygens (including phenoxy) is 2. The zero-order valence-corrected chi connectivity index (χ0v) is 11.7. The van der Waals surface area contributed by atoms with Gasteiger partial charge >= 0.3 is 0 Å². The first-order valence-electron chi connectivity index (χ1n) is 6.13. The van der Waals surface area contributed by atoms with Crippen molar-refractivity contribution < 1.29 is 9.47 Å². The lowest BCUT2D eigenvalue weighted by atomic mass is 10.1. The van der Waals surface area contributed by atoms with Gasteiger partial charge in [-0.1, -0.05) is 0 Å². The van der Waals surface area contributed by atoms with Gasteiger partial charge in [0.25, 0.3) is 0 Å². The van der Waals surface area contributed by atoms with E-state index in [1.165, 1.54) is 0 Å². The monoisotopic (exact) mass is 261 g/mol. The van der Waals surface area contributed by atoms with Crippen LogP contribution in [-0.4, -0.2) is 23.8 Å². The quantitative estimate of drug-likeness (QED) is 0.919. The molecular weight excluding hydrogens is 242 g/mol. The van der Waals surface area contributed by atoms with E-state index >= 15 is 0 Å². The second kappa shape index (κ2) is 5.22. The van der Waals surface area contributed by atoms with Crippen LogP contribution in [0.5, 0.6) is 11.5 Å². The molecule has 0 saturated carbocycles. The highest BCUT2D eigenvalue weighted by molar-refractivity contribution is 5.72. The summed E-state index contributed by atoms with van der Waals surface area (Å²) in [6, 6.07) is 5.93. The fourth-order valence-electron chi connectivity index (χ4n) is 1.99. The van der Waals surface area contributed by atoms with E-state index in [4.69, 9.17) is 15.2 Å². The van der Waals surface area contributed by atoms with Crippen molar-refractivity contribution in [3.05, 3.63) is 24.5 Å². The summed E-state index contributed by atoms with van der Waals surface area (Å²) in [7, 11) is 3.22. The Bertz CT molecular complexity index is 576. The summed E-state index contributed by atoms with van der Waals surface area (Å²) in [6.07, 6.45) is 1.76. The van der Waals surface area contributed by atoms with Crippen LogP contribution in [0.2, 0.25) is 0 Å². The molecule has 5 heteroatoms. The number of nitrogens with two attached hydrogens (primary N) is 1. The maximum absolute atomic E-state index is 6.13. The standard InChI is InChI=1S/C14H19N3O2/c1-9(2)17-8-16-13(14(17)15)10-5-6-11(18-3)12(7-10)19-4/h5-9H,15H2,1-4H3. The molecule has 2 aromatic rings. The lowest BCUT2D eigenvalue weighted by Gasteiger charge is -2.11. The molecule has 0 aliphatic heterocycles. The molecule has 0 fully saturated rings. The number of rotatable bonds is 4. The summed E-state index contributed by atoms with van der Waals surface area (Å²) in [5.74, 6) is 2.01. The Balaban J connectivity index is 2.47. The van der Waals surface area contributed by atoms with Crippen LogP contribution in [0, 0.1) is 0 Å². The van der Waals surface area contributed by atoms with Crippen LogP contribution < -0.4 is 15.2 Å². The van der Waals surface area contributed by atoms with E-state index in [1.54, 1.807) is 20.5 Å². The number of aromatic nitrogens is 2. The Hall–Kier alpha value is -2.17. The summed E-state index contributed by atoms with van der Waals surface area (Å²) >= 11 is 0. The molecule has 1 aromatic carbocycles. The largest absolute Gasteiger partial charge is 0.493 e. The van der Waals surface area contributed by atoms with Gasteiger partial charge in [0.1, 0.15) is 11.5 Å². The molecule has 0 aliphatic carbocycles. The zero-order valence-electron chi connectivity index (χ0n) is 11.7. The molecule has 1 heterocycles. The van der Waals surface area contributed by atoms with E-state index in [1.807, 2.05) is 22.8 Å². The Kier molecular flexibility index (Phi) is 3.64. The van der Waals surface area contributed by atoms with Gasteiger partial charge in [-0.05, 0) is 32.0 Å². The van der Waals surface area contributed by atoms with Gasteiger partial charge in [0.15, 0.2) is 11.5 Å². The van der Waals surface area contributed by atoms with Crippen molar-refractivity contribution in [3.8, 4) is 22.8 Å². The smallest absolute Gasteiger partial charge is 0.161 e. The van der Waals surface area contributed by atoms with Crippen molar-refractivity contribution in [2.75, 3.05) is 20.0 Å². The molecule has 0 radical (unpaired) electrons. The molecule has 0 atom stereocenters. The molecule has 0 amide bonds. The molecule has 0 aliphatic rings. The van der Waals surface area contributed by atoms with Crippen molar-refractivity contribution in [2.24, 2.45) is 0 Å². The minimum absolute atomic E-state index is 0.279. The maximum Gasteiger partial charge on any atom is 0.161 e. The van der Waals surface area contributed by atoms with Crippen LogP contribution in [0.15, 0.2) is 24.5 Å². The van der Waals surface area contributed by atoms with Gasteiger partial charge in [-0.3, -0.25) is 0 Å². The third-order valence-corrected chi connectivity index (χ3v) is 3.05. The lowest BCUT2D eigenvalue weighted by Crippen LogP contribution is -2.04. The first kappa shape index (κ1) is 13.3. The van der Waals surface area contributed by atoms with Crippen molar-refractivity contribution in [3.63, 3.8) is 0 Å². The lowest BCUT2D eigenvalue weighted by molar-refractivity contribution is 0.355. The van der Waals surface area contributed by atoms with Gasteiger partial charge in [-0.15, -0.1) is 0 Å². The van der Waals surface area contributed by atoms with Crippen LogP contribution in [0.3, 0.4) is 0 Å². The molecule has 2 N–H and O–H groups in total. The fourth-order valence-corrected chi connectivity index (χ4v) is 1.99. The van der Waals surface area contributed by atoms with E-state index < -0.39 is 0 Å². The van der Waals surface area contributed by atoms with Crippen LogP contribution in [0.25, 0.3) is 11.3 Å². The number of methoxy groups -OCH3 is 2. The summed E-state index contributed by atoms with van der Waals surface area (Å²) in [5.41, 5.74) is 7.80. The van der Waals surface area contributed by atoms with Crippen molar-refractivity contribution in [1.82, 2.24) is 9.55 Å². The Morgan fingerprint density at radius 3 is 2.37 bits per heavy atom. The summed E-state index contributed by atoms with van der Waals surface area (Å²) in [6.45, 7) is 4.13. The number of hydrogen-bond acceptors (Lipinski definition) is 4. The molecule has 0 bridgehead atoms. The molecule has 0 saturated heterocycles. The number of nitrogens with zero attached hydrogens (tertiary/aromatic N) is 2. The summed E-state index contributed by atoms with van der Waals surface area (Å²) in [5, 5.41) is 0. The average Bonchev–Trinajstić information content (AvgIpc) is 2.80. The van der Waals surface area contributed by atoms with Gasteiger partial charge in [0.2, 0.25) is 0 Å². The number of imidazole rings is 1. The number of nitrogen functional groups attached to an aromatic ring is 1. The van der Waals surface area contributed by atoms with Crippen LogP contribution in [0.4, 0.5) is 5.82 Å². The molecule has 2 rings (SSSR count). The third-order valence-electron chi connectivity index (χ3n) is 3.05. The van der Waals surface area contributed by atoms with Crippen LogP contribution in [0.1, 0.15) is 19.9 Å². The van der Waals surface area contributed by atoms with Gasteiger partial charge in [-0.2, -0.15) is 0 Å². The number of anilines is 1. The average molecular weight is 261 g/mol. The van der Waals surface area contributed by atoms with Crippen LogP contribution in [-0.2, 0) is 0 Å².